The first kappa shape index (κ1) is 14.3. The molecule has 1 aliphatic rings. The predicted molar refractivity (Wildman–Crippen MR) is 58.6 cm³/mol. The number of carbonyl (C=O) groups is 1. The summed E-state index contributed by atoms with van der Waals surface area (Å²) in [5, 5.41) is 3.10. The van der Waals surface area contributed by atoms with Crippen molar-refractivity contribution in [2.24, 2.45) is 5.73 Å². The molecule has 90 valence electrons. The monoisotopic (exact) mass is 218 g/mol. The first-order valence-electron chi connectivity index (χ1n) is 5.13. The van der Waals surface area contributed by atoms with Crippen LogP contribution < -0.4 is 11.1 Å². The largest absolute Gasteiger partial charge is 0.462 e. The molecule has 5 nitrogen and oxygen atoms in total. The Hall–Kier alpha value is -0.650. The Morgan fingerprint density at radius 1 is 1.47 bits per heavy atom. The van der Waals surface area contributed by atoms with Crippen LogP contribution in [0.4, 0.5) is 0 Å². The molecule has 0 amide bonds. The van der Waals surface area contributed by atoms with E-state index in [0.717, 1.165) is 13.1 Å². The molecule has 1 rings (SSSR count). The lowest BCUT2D eigenvalue weighted by molar-refractivity contribution is -0.138. The van der Waals surface area contributed by atoms with Gasteiger partial charge < -0.3 is 20.5 Å². The Bertz CT molecular complexity index is 165. The summed E-state index contributed by atoms with van der Waals surface area (Å²) in [6, 6.07) is 0. The summed E-state index contributed by atoms with van der Waals surface area (Å²) in [6.07, 6.45) is 0.443. The van der Waals surface area contributed by atoms with E-state index in [9.17, 15) is 4.79 Å². The van der Waals surface area contributed by atoms with Gasteiger partial charge in [0.2, 0.25) is 0 Å². The number of hydrogen-bond donors (Lipinski definition) is 2. The highest BCUT2D eigenvalue weighted by Crippen LogP contribution is 2.02. The second kappa shape index (κ2) is 7.62. The van der Waals surface area contributed by atoms with Gasteiger partial charge in [0.05, 0.1) is 12.7 Å². The molecule has 0 saturated carbocycles. The number of hydrogen-bond acceptors (Lipinski definition) is 5. The van der Waals surface area contributed by atoms with Crippen LogP contribution in [-0.4, -0.2) is 44.4 Å². The van der Waals surface area contributed by atoms with Crippen LogP contribution >= 0.6 is 0 Å². The van der Waals surface area contributed by atoms with Crippen LogP contribution in [0.5, 0.6) is 0 Å². The molecule has 0 aliphatic carbocycles. The van der Waals surface area contributed by atoms with Crippen molar-refractivity contribution in [1.29, 1.82) is 0 Å². The second-order valence-electron chi connectivity index (χ2n) is 4.27. The molecule has 3 N–H and O–H groups in total. The molecule has 0 spiro atoms. The van der Waals surface area contributed by atoms with Gasteiger partial charge in [0, 0.05) is 19.6 Å². The van der Waals surface area contributed by atoms with Crippen molar-refractivity contribution in [2.45, 2.75) is 32.5 Å². The highest BCUT2D eigenvalue weighted by atomic mass is 16.5. The average molecular weight is 218 g/mol. The van der Waals surface area contributed by atoms with Gasteiger partial charge in [-0.2, -0.15) is 0 Å². The molecule has 0 aromatic carbocycles. The summed E-state index contributed by atoms with van der Waals surface area (Å²) in [6.45, 7) is 9.26. The predicted octanol–water partition coefficient (Wildman–Crippen LogP) is -0.109. The third kappa shape index (κ3) is 9.65. The van der Waals surface area contributed by atoms with Crippen molar-refractivity contribution in [3.63, 3.8) is 0 Å². The van der Waals surface area contributed by atoms with Gasteiger partial charge in [-0.1, -0.05) is 0 Å². The van der Waals surface area contributed by atoms with Crippen LogP contribution in [0.25, 0.3) is 0 Å². The topological polar surface area (TPSA) is 73.6 Å². The maximum atomic E-state index is 9.60. The summed E-state index contributed by atoms with van der Waals surface area (Å²) in [7, 11) is 0. The standard InChI is InChI=1S/C5H12N2O.C5H10O2/c6-1-2-8-5-3-7-4-5;1-5(2,3)7-4-6/h5,7H,1-4,6H2;4H,1-3H3. The van der Waals surface area contributed by atoms with Crippen molar-refractivity contribution in [3.05, 3.63) is 0 Å². The molecule has 0 aromatic heterocycles. The van der Waals surface area contributed by atoms with Gasteiger partial charge in [0.25, 0.3) is 6.47 Å². The van der Waals surface area contributed by atoms with E-state index in [1.807, 2.05) is 20.8 Å². The Labute approximate surface area is 91.3 Å². The lowest BCUT2D eigenvalue weighted by atomic mass is 10.2. The van der Waals surface area contributed by atoms with Crippen LogP contribution in [0, 0.1) is 0 Å². The lowest BCUT2D eigenvalue weighted by Crippen LogP contribution is -2.48. The van der Waals surface area contributed by atoms with E-state index in [-0.39, 0.29) is 5.60 Å². The summed E-state index contributed by atoms with van der Waals surface area (Å²) in [5.41, 5.74) is 4.89. The maximum absolute atomic E-state index is 9.60. The summed E-state index contributed by atoms with van der Waals surface area (Å²) >= 11 is 0. The Kier molecular flexibility index (Phi) is 7.29. The van der Waals surface area contributed by atoms with Crippen molar-refractivity contribution < 1.29 is 14.3 Å². The molecule has 0 radical (unpaired) electrons. The van der Waals surface area contributed by atoms with E-state index in [2.05, 4.69) is 10.1 Å². The minimum absolute atomic E-state index is 0.318. The highest BCUT2D eigenvalue weighted by molar-refractivity contribution is 5.37. The Morgan fingerprint density at radius 2 is 2.07 bits per heavy atom. The van der Waals surface area contributed by atoms with E-state index < -0.39 is 0 Å². The number of rotatable bonds is 4. The zero-order chi connectivity index (χ0) is 11.7. The van der Waals surface area contributed by atoms with Gasteiger partial charge in [-0.3, -0.25) is 4.79 Å². The Balaban J connectivity index is 0.000000265. The van der Waals surface area contributed by atoms with Crippen LogP contribution in [0.15, 0.2) is 0 Å². The molecule has 0 atom stereocenters. The van der Waals surface area contributed by atoms with Gasteiger partial charge in [-0.25, -0.2) is 0 Å². The smallest absolute Gasteiger partial charge is 0.293 e. The molecule has 1 fully saturated rings. The number of nitrogens with one attached hydrogen (secondary N) is 1. The fourth-order valence-corrected chi connectivity index (χ4v) is 0.759. The molecule has 1 aliphatic heterocycles. The van der Waals surface area contributed by atoms with Crippen molar-refractivity contribution >= 4 is 6.47 Å². The molecule has 1 saturated heterocycles. The van der Waals surface area contributed by atoms with Crippen molar-refractivity contribution in [2.75, 3.05) is 26.2 Å². The van der Waals surface area contributed by atoms with E-state index in [4.69, 9.17) is 10.5 Å². The van der Waals surface area contributed by atoms with Gasteiger partial charge in [-0.15, -0.1) is 0 Å². The fourth-order valence-electron chi connectivity index (χ4n) is 0.759. The molecule has 0 aromatic rings. The molecule has 5 heteroatoms. The minimum Gasteiger partial charge on any atom is -0.462 e. The summed E-state index contributed by atoms with van der Waals surface area (Å²) < 4.78 is 9.79. The Morgan fingerprint density at radius 3 is 2.27 bits per heavy atom. The normalized spacial score (nSPS) is 16.0. The molecule has 15 heavy (non-hydrogen) atoms. The lowest BCUT2D eigenvalue weighted by Gasteiger charge is -2.26. The summed E-state index contributed by atoms with van der Waals surface area (Å²) in [5.74, 6) is 0. The van der Waals surface area contributed by atoms with Gasteiger partial charge in [0.15, 0.2) is 0 Å². The fraction of sp³-hybridized carbons (Fsp3) is 0.900. The first-order chi connectivity index (χ1) is 6.99. The van der Waals surface area contributed by atoms with Crippen molar-refractivity contribution in [1.82, 2.24) is 5.32 Å². The summed E-state index contributed by atoms with van der Waals surface area (Å²) in [4.78, 5) is 9.60. The third-order valence-electron chi connectivity index (χ3n) is 1.62. The van der Waals surface area contributed by atoms with Crippen LogP contribution in [0.1, 0.15) is 20.8 Å². The third-order valence-corrected chi connectivity index (χ3v) is 1.62. The van der Waals surface area contributed by atoms with Gasteiger partial charge in [0.1, 0.15) is 5.60 Å². The van der Waals surface area contributed by atoms with Crippen molar-refractivity contribution in [3.8, 4) is 0 Å². The quantitative estimate of drug-likeness (QED) is 0.644. The van der Waals surface area contributed by atoms with Crippen LogP contribution in [0.2, 0.25) is 0 Å². The molecular formula is C10H22N2O3. The van der Waals surface area contributed by atoms with E-state index >= 15 is 0 Å². The van der Waals surface area contributed by atoms with Crippen LogP contribution in [-0.2, 0) is 14.3 Å². The van der Waals surface area contributed by atoms with Gasteiger partial charge in [-0.05, 0) is 20.8 Å². The highest BCUT2D eigenvalue weighted by Gasteiger charge is 2.15. The SMILES string of the molecule is CC(C)(C)OC=O.NCCOC1CNC1. The molecule has 0 unspecified atom stereocenters. The maximum Gasteiger partial charge on any atom is 0.293 e. The average Bonchev–Trinajstić information content (AvgIpc) is 2.00. The zero-order valence-corrected chi connectivity index (χ0v) is 9.79. The number of carbonyl (C=O) groups excluding carboxylic acids is 1. The second-order valence-corrected chi connectivity index (χ2v) is 4.27. The van der Waals surface area contributed by atoms with Gasteiger partial charge >= 0.3 is 0 Å². The minimum atomic E-state index is -0.318. The van der Waals surface area contributed by atoms with E-state index in [0.29, 0.717) is 25.7 Å². The first-order valence-corrected chi connectivity index (χ1v) is 5.13. The number of nitrogens with two attached hydrogens (primary N) is 1. The zero-order valence-electron chi connectivity index (χ0n) is 9.79. The molecule has 0 bridgehead atoms. The number of ether oxygens (including phenoxy) is 2. The molecular weight excluding hydrogens is 196 g/mol. The van der Waals surface area contributed by atoms with E-state index in [1.165, 1.54) is 0 Å². The molecule has 1 heterocycles. The van der Waals surface area contributed by atoms with Crippen LogP contribution in [0.3, 0.4) is 0 Å². The van der Waals surface area contributed by atoms with E-state index in [1.54, 1.807) is 0 Å².